The molecule has 7 heteroatoms. The summed E-state index contributed by atoms with van der Waals surface area (Å²) in [5.41, 5.74) is 5.29. The topological polar surface area (TPSA) is 91.3 Å². The van der Waals surface area contributed by atoms with Crippen LogP contribution >= 0.6 is 0 Å². The largest absolute Gasteiger partial charge is 0.396 e. The van der Waals surface area contributed by atoms with E-state index in [-0.39, 0.29) is 12.3 Å². The van der Waals surface area contributed by atoms with Crippen LogP contribution in [-0.2, 0) is 6.42 Å². The lowest BCUT2D eigenvalue weighted by Crippen LogP contribution is -2.09. The lowest BCUT2D eigenvalue weighted by Gasteiger charge is -2.25. The molecule has 0 bridgehead atoms. The van der Waals surface area contributed by atoms with Crippen LogP contribution in [0.15, 0.2) is 113 Å². The average molecular weight is 438 g/mol. The van der Waals surface area contributed by atoms with E-state index in [0.717, 1.165) is 22.6 Å². The van der Waals surface area contributed by atoms with Gasteiger partial charge in [-0.1, -0.05) is 30.3 Å². The zero-order valence-electron chi connectivity index (χ0n) is 17.8. The van der Waals surface area contributed by atoms with Crippen molar-refractivity contribution in [2.24, 2.45) is 10.2 Å². The summed E-state index contributed by atoms with van der Waals surface area (Å²) in [5, 5.41) is 28.3. The van der Waals surface area contributed by atoms with Gasteiger partial charge in [-0.05, 0) is 72.6 Å². The molecule has 0 spiro atoms. The monoisotopic (exact) mass is 438 g/mol. The van der Waals surface area contributed by atoms with Crippen LogP contribution in [0.3, 0.4) is 0 Å². The Hall–Kier alpha value is -4.36. The third-order valence-electron chi connectivity index (χ3n) is 5.06. The second-order valence-corrected chi connectivity index (χ2v) is 7.30. The van der Waals surface area contributed by atoms with E-state index in [0.29, 0.717) is 17.8 Å². The highest BCUT2D eigenvalue weighted by molar-refractivity contribution is 5.77. The summed E-state index contributed by atoms with van der Waals surface area (Å²) in [6, 6.07) is 31.8. The number of rotatable bonds is 8. The predicted molar refractivity (Wildman–Crippen MR) is 129 cm³/mol. The van der Waals surface area contributed by atoms with Crippen LogP contribution in [0.25, 0.3) is 0 Å². The van der Waals surface area contributed by atoms with Crippen LogP contribution < -0.4 is 4.90 Å². The van der Waals surface area contributed by atoms with Crippen LogP contribution in [0.5, 0.6) is 0 Å². The molecule has 0 saturated heterocycles. The highest BCUT2D eigenvalue weighted by Gasteiger charge is 2.12. The quantitative estimate of drug-likeness (QED) is 0.182. The molecule has 0 aromatic heterocycles. The van der Waals surface area contributed by atoms with Crippen LogP contribution in [0, 0.1) is 10.1 Å². The Bertz CT molecular complexity index is 1220. The molecule has 0 unspecified atom stereocenters. The van der Waals surface area contributed by atoms with Crippen molar-refractivity contribution in [1.29, 1.82) is 0 Å². The first kappa shape index (κ1) is 21.9. The minimum Gasteiger partial charge on any atom is -0.396 e. The zero-order chi connectivity index (χ0) is 23.0. The molecule has 0 amide bonds. The van der Waals surface area contributed by atoms with Gasteiger partial charge < -0.3 is 10.0 Å². The first-order valence-electron chi connectivity index (χ1n) is 10.5. The lowest BCUT2D eigenvalue weighted by molar-refractivity contribution is -0.384. The maximum absolute atomic E-state index is 10.8. The Morgan fingerprint density at radius 1 is 0.697 bits per heavy atom. The van der Waals surface area contributed by atoms with E-state index in [9.17, 15) is 15.2 Å². The van der Waals surface area contributed by atoms with Crippen molar-refractivity contribution in [3.63, 3.8) is 0 Å². The highest BCUT2D eigenvalue weighted by atomic mass is 16.6. The number of benzene rings is 4. The Morgan fingerprint density at radius 3 is 1.70 bits per heavy atom. The van der Waals surface area contributed by atoms with Gasteiger partial charge in [0.1, 0.15) is 0 Å². The van der Waals surface area contributed by atoms with Gasteiger partial charge in [0.15, 0.2) is 0 Å². The van der Waals surface area contributed by atoms with Gasteiger partial charge in [0.2, 0.25) is 0 Å². The Labute approximate surface area is 191 Å². The SMILES string of the molecule is O=[N+]([O-])c1ccc(N=Nc2ccc(N(c3ccccc3)c3ccc(CCO)cc3)cc2)cc1. The van der Waals surface area contributed by atoms with E-state index < -0.39 is 4.92 Å². The van der Waals surface area contributed by atoms with Gasteiger partial charge in [-0.15, -0.1) is 0 Å². The fourth-order valence-corrected chi connectivity index (χ4v) is 3.39. The fourth-order valence-electron chi connectivity index (χ4n) is 3.39. The summed E-state index contributed by atoms with van der Waals surface area (Å²) in [6.45, 7) is 0.123. The number of nitro groups is 1. The van der Waals surface area contributed by atoms with Gasteiger partial charge in [-0.3, -0.25) is 10.1 Å². The second kappa shape index (κ2) is 10.3. The average Bonchev–Trinajstić information content (AvgIpc) is 2.86. The molecular formula is C26H22N4O3. The van der Waals surface area contributed by atoms with Crippen molar-refractivity contribution in [3.8, 4) is 0 Å². The van der Waals surface area contributed by atoms with Crippen LogP contribution in [0.2, 0.25) is 0 Å². The van der Waals surface area contributed by atoms with Crippen molar-refractivity contribution < 1.29 is 10.0 Å². The van der Waals surface area contributed by atoms with E-state index in [2.05, 4.69) is 15.1 Å². The molecule has 4 aromatic rings. The molecule has 4 aromatic carbocycles. The smallest absolute Gasteiger partial charge is 0.269 e. The Balaban J connectivity index is 1.58. The van der Waals surface area contributed by atoms with E-state index >= 15 is 0 Å². The molecular weight excluding hydrogens is 416 g/mol. The molecule has 0 saturated carbocycles. The molecule has 0 aliphatic carbocycles. The van der Waals surface area contributed by atoms with Gasteiger partial charge >= 0.3 is 0 Å². The summed E-state index contributed by atoms with van der Waals surface area (Å²) in [7, 11) is 0. The molecule has 1 N–H and O–H groups in total. The number of non-ortho nitro benzene ring substituents is 1. The highest BCUT2D eigenvalue weighted by Crippen LogP contribution is 2.35. The normalized spacial score (nSPS) is 10.9. The maximum Gasteiger partial charge on any atom is 0.269 e. The van der Waals surface area contributed by atoms with Crippen LogP contribution in [-0.4, -0.2) is 16.6 Å². The van der Waals surface area contributed by atoms with Gasteiger partial charge in [0.25, 0.3) is 5.69 Å². The van der Waals surface area contributed by atoms with Gasteiger partial charge in [0.05, 0.1) is 16.3 Å². The molecule has 4 rings (SSSR count). The molecule has 7 nitrogen and oxygen atoms in total. The van der Waals surface area contributed by atoms with Gasteiger partial charge in [0, 0.05) is 35.8 Å². The summed E-state index contributed by atoms with van der Waals surface area (Å²) < 4.78 is 0. The van der Waals surface area contributed by atoms with Crippen molar-refractivity contribution in [2.75, 3.05) is 11.5 Å². The number of nitrogens with zero attached hydrogens (tertiary/aromatic N) is 4. The molecule has 0 atom stereocenters. The second-order valence-electron chi connectivity index (χ2n) is 7.30. The Morgan fingerprint density at radius 2 is 1.18 bits per heavy atom. The molecule has 0 fully saturated rings. The minimum atomic E-state index is -0.446. The molecule has 164 valence electrons. The van der Waals surface area contributed by atoms with E-state index in [1.165, 1.54) is 12.1 Å². The van der Waals surface area contributed by atoms with Gasteiger partial charge in [-0.25, -0.2) is 0 Å². The maximum atomic E-state index is 10.8. The number of hydrogen-bond donors (Lipinski definition) is 1. The Kier molecular flexibility index (Phi) is 6.82. The van der Waals surface area contributed by atoms with Crippen molar-refractivity contribution in [1.82, 2.24) is 0 Å². The fraction of sp³-hybridized carbons (Fsp3) is 0.0769. The van der Waals surface area contributed by atoms with Crippen LogP contribution in [0.4, 0.5) is 34.1 Å². The number of aliphatic hydroxyl groups excluding tert-OH is 1. The predicted octanol–water partition coefficient (Wildman–Crippen LogP) is 7.01. The van der Waals surface area contributed by atoms with E-state index in [4.69, 9.17) is 0 Å². The summed E-state index contributed by atoms with van der Waals surface area (Å²) in [6.07, 6.45) is 0.625. The molecule has 33 heavy (non-hydrogen) atoms. The number of azo groups is 1. The number of para-hydroxylation sites is 1. The summed E-state index contributed by atoms with van der Waals surface area (Å²) in [5.74, 6) is 0. The van der Waals surface area contributed by atoms with Gasteiger partial charge in [-0.2, -0.15) is 10.2 Å². The lowest BCUT2D eigenvalue weighted by atomic mass is 10.1. The first-order chi connectivity index (χ1) is 16.1. The van der Waals surface area contributed by atoms with Crippen molar-refractivity contribution >= 4 is 34.1 Å². The summed E-state index contributed by atoms with van der Waals surface area (Å²) >= 11 is 0. The third-order valence-corrected chi connectivity index (χ3v) is 5.06. The zero-order valence-corrected chi connectivity index (χ0v) is 17.8. The number of nitro benzene ring substituents is 1. The molecule has 0 aliphatic heterocycles. The standard InChI is InChI=1S/C26H22N4O3/c31-19-18-20-6-12-24(13-7-20)29(23-4-2-1-3-5-23)25-14-8-21(9-15-25)27-28-22-10-16-26(17-11-22)30(32)33/h1-17,31H,18-19H2. The van der Waals surface area contributed by atoms with Crippen LogP contribution in [0.1, 0.15) is 5.56 Å². The number of aliphatic hydroxyl groups is 1. The first-order valence-corrected chi connectivity index (χ1v) is 10.5. The number of hydrogen-bond acceptors (Lipinski definition) is 6. The molecule has 0 heterocycles. The van der Waals surface area contributed by atoms with Crippen molar-refractivity contribution in [2.45, 2.75) is 6.42 Å². The molecule has 0 aliphatic rings. The minimum absolute atomic E-state index is 0.0173. The summed E-state index contributed by atoms with van der Waals surface area (Å²) in [4.78, 5) is 12.5. The third kappa shape index (κ3) is 5.47. The van der Waals surface area contributed by atoms with Crippen molar-refractivity contribution in [3.05, 3.63) is 119 Å². The van der Waals surface area contributed by atoms with E-state index in [1.54, 1.807) is 12.1 Å². The molecule has 0 radical (unpaired) electrons. The number of anilines is 3. The van der Waals surface area contributed by atoms with E-state index in [1.807, 2.05) is 78.9 Å².